The predicted molar refractivity (Wildman–Crippen MR) is 78.7 cm³/mol. The van der Waals surface area contributed by atoms with E-state index in [1.807, 2.05) is 0 Å². The molecule has 100 valence electrons. The molecule has 0 aromatic rings. The van der Waals surface area contributed by atoms with Gasteiger partial charge < -0.3 is 5.32 Å². The molecule has 2 unspecified atom stereocenters. The smallest absolute Gasteiger partial charge is 0.0186 e. The van der Waals surface area contributed by atoms with E-state index in [0.29, 0.717) is 0 Å². The number of rotatable bonds is 4. The van der Waals surface area contributed by atoms with Crippen LogP contribution < -0.4 is 5.32 Å². The lowest BCUT2D eigenvalue weighted by molar-refractivity contribution is 0.257. The molecule has 1 N–H and O–H groups in total. The fourth-order valence-electron chi connectivity index (χ4n) is 3.47. The van der Waals surface area contributed by atoms with E-state index in [-0.39, 0.29) is 0 Å². The molecule has 0 bridgehead atoms. The van der Waals surface area contributed by atoms with Gasteiger partial charge in [0.1, 0.15) is 0 Å². The molecule has 2 aliphatic rings. The van der Waals surface area contributed by atoms with Crippen molar-refractivity contribution in [2.75, 3.05) is 5.75 Å². The van der Waals surface area contributed by atoms with E-state index in [1.165, 1.54) is 57.1 Å². The molecule has 0 radical (unpaired) electrons. The van der Waals surface area contributed by atoms with Crippen molar-refractivity contribution in [3.8, 4) is 0 Å². The van der Waals surface area contributed by atoms with Gasteiger partial charge in [-0.05, 0) is 50.2 Å². The number of hydrogen-bond donors (Lipinski definition) is 1. The van der Waals surface area contributed by atoms with E-state index in [2.05, 4.69) is 30.9 Å². The van der Waals surface area contributed by atoms with Crippen LogP contribution in [-0.2, 0) is 0 Å². The summed E-state index contributed by atoms with van der Waals surface area (Å²) in [7, 11) is 0. The lowest BCUT2D eigenvalue weighted by atomic mass is 9.83. The highest BCUT2D eigenvalue weighted by molar-refractivity contribution is 7.99. The van der Waals surface area contributed by atoms with Gasteiger partial charge in [0, 0.05) is 17.3 Å². The standard InChI is InChI=1S/C15H29NS/c1-3-5-13-7-9-14(10-8-13)16-15-6-4-11-17-12(15)2/h12-16H,3-11H2,1-2H3. The van der Waals surface area contributed by atoms with Crippen molar-refractivity contribution in [2.24, 2.45) is 5.92 Å². The van der Waals surface area contributed by atoms with E-state index in [4.69, 9.17) is 0 Å². The molecule has 2 rings (SSSR count). The molecule has 1 saturated heterocycles. The molecular formula is C15H29NS. The van der Waals surface area contributed by atoms with Crippen molar-refractivity contribution in [3.05, 3.63) is 0 Å². The van der Waals surface area contributed by atoms with Crippen molar-refractivity contribution in [2.45, 2.75) is 82.5 Å². The third-order valence-corrected chi connectivity index (χ3v) is 5.98. The predicted octanol–water partition coefficient (Wildman–Crippen LogP) is 4.22. The third kappa shape index (κ3) is 4.17. The van der Waals surface area contributed by atoms with Crippen molar-refractivity contribution in [1.29, 1.82) is 0 Å². The molecule has 0 aromatic carbocycles. The minimum Gasteiger partial charge on any atom is -0.310 e. The Bertz CT molecular complexity index is 211. The average molecular weight is 255 g/mol. The third-order valence-electron chi connectivity index (χ3n) is 4.60. The van der Waals surface area contributed by atoms with Crippen LogP contribution in [0.2, 0.25) is 0 Å². The molecule has 1 aliphatic heterocycles. The lowest BCUT2D eigenvalue weighted by Gasteiger charge is -2.36. The van der Waals surface area contributed by atoms with Gasteiger partial charge >= 0.3 is 0 Å². The van der Waals surface area contributed by atoms with Crippen molar-refractivity contribution < 1.29 is 0 Å². The van der Waals surface area contributed by atoms with E-state index in [9.17, 15) is 0 Å². The van der Waals surface area contributed by atoms with Gasteiger partial charge in [0.2, 0.25) is 0 Å². The molecule has 1 heterocycles. The first kappa shape index (κ1) is 13.7. The van der Waals surface area contributed by atoms with Gasteiger partial charge in [0.25, 0.3) is 0 Å². The highest BCUT2D eigenvalue weighted by Crippen LogP contribution is 2.30. The highest BCUT2D eigenvalue weighted by atomic mass is 32.2. The molecular weight excluding hydrogens is 226 g/mol. The summed E-state index contributed by atoms with van der Waals surface area (Å²) in [6.07, 6.45) is 11.5. The van der Waals surface area contributed by atoms with Crippen LogP contribution in [0.3, 0.4) is 0 Å². The topological polar surface area (TPSA) is 12.0 Å². The van der Waals surface area contributed by atoms with Crippen LogP contribution in [0.25, 0.3) is 0 Å². The molecule has 2 fully saturated rings. The van der Waals surface area contributed by atoms with Crippen LogP contribution in [-0.4, -0.2) is 23.1 Å². The fourth-order valence-corrected chi connectivity index (χ4v) is 4.62. The van der Waals surface area contributed by atoms with Gasteiger partial charge in [-0.3, -0.25) is 0 Å². The van der Waals surface area contributed by atoms with E-state index < -0.39 is 0 Å². The van der Waals surface area contributed by atoms with Gasteiger partial charge in [0.15, 0.2) is 0 Å². The fraction of sp³-hybridized carbons (Fsp3) is 1.00. The SMILES string of the molecule is CCCC1CCC(NC2CCCSC2C)CC1. The second-order valence-corrected chi connectivity index (χ2v) is 7.48. The van der Waals surface area contributed by atoms with Crippen molar-refractivity contribution in [1.82, 2.24) is 5.32 Å². The largest absolute Gasteiger partial charge is 0.310 e. The Balaban J connectivity index is 1.70. The van der Waals surface area contributed by atoms with Crippen LogP contribution in [0.1, 0.15) is 65.2 Å². The van der Waals surface area contributed by atoms with Crippen LogP contribution >= 0.6 is 11.8 Å². The first-order chi connectivity index (χ1) is 8.29. The van der Waals surface area contributed by atoms with Gasteiger partial charge in [-0.15, -0.1) is 0 Å². The first-order valence-corrected chi connectivity index (χ1v) is 8.72. The van der Waals surface area contributed by atoms with Gasteiger partial charge in [0.05, 0.1) is 0 Å². The minimum atomic E-state index is 0.793. The normalized spacial score (nSPS) is 39.2. The Kier molecular flexibility index (Phi) is 5.68. The Labute approximate surface area is 112 Å². The summed E-state index contributed by atoms with van der Waals surface area (Å²) < 4.78 is 0. The van der Waals surface area contributed by atoms with Crippen LogP contribution in [0, 0.1) is 5.92 Å². The summed E-state index contributed by atoms with van der Waals surface area (Å²) in [5.41, 5.74) is 0. The molecule has 2 atom stereocenters. The van der Waals surface area contributed by atoms with Gasteiger partial charge in [-0.2, -0.15) is 11.8 Å². The highest BCUT2D eigenvalue weighted by Gasteiger charge is 2.26. The van der Waals surface area contributed by atoms with Crippen LogP contribution in [0.5, 0.6) is 0 Å². The maximum atomic E-state index is 3.95. The zero-order valence-corrected chi connectivity index (χ0v) is 12.4. The molecule has 0 spiro atoms. The van der Waals surface area contributed by atoms with Gasteiger partial charge in [-0.25, -0.2) is 0 Å². The average Bonchev–Trinajstić information content (AvgIpc) is 2.35. The second-order valence-electron chi connectivity index (χ2n) is 6.00. The zero-order chi connectivity index (χ0) is 12.1. The Hall–Kier alpha value is 0.310. The molecule has 2 heteroatoms. The molecule has 0 amide bonds. The summed E-state index contributed by atoms with van der Waals surface area (Å²) in [5.74, 6) is 2.42. The minimum absolute atomic E-state index is 0.793. The summed E-state index contributed by atoms with van der Waals surface area (Å²) >= 11 is 2.16. The van der Waals surface area contributed by atoms with Crippen LogP contribution in [0.15, 0.2) is 0 Å². The second kappa shape index (κ2) is 7.04. The Morgan fingerprint density at radius 3 is 2.53 bits per heavy atom. The Morgan fingerprint density at radius 1 is 1.12 bits per heavy atom. The summed E-state index contributed by atoms with van der Waals surface area (Å²) in [6, 6.07) is 1.62. The summed E-state index contributed by atoms with van der Waals surface area (Å²) in [6.45, 7) is 4.73. The van der Waals surface area contributed by atoms with E-state index in [0.717, 1.165) is 23.3 Å². The molecule has 17 heavy (non-hydrogen) atoms. The molecule has 0 aromatic heterocycles. The summed E-state index contributed by atoms with van der Waals surface area (Å²) in [5, 5.41) is 4.78. The number of hydrogen-bond acceptors (Lipinski definition) is 2. The van der Waals surface area contributed by atoms with Crippen molar-refractivity contribution >= 4 is 11.8 Å². The van der Waals surface area contributed by atoms with E-state index >= 15 is 0 Å². The Morgan fingerprint density at radius 2 is 1.88 bits per heavy atom. The van der Waals surface area contributed by atoms with Crippen molar-refractivity contribution in [3.63, 3.8) is 0 Å². The number of nitrogens with one attached hydrogen (secondary N) is 1. The lowest BCUT2D eigenvalue weighted by Crippen LogP contribution is -2.46. The van der Waals surface area contributed by atoms with E-state index in [1.54, 1.807) is 0 Å². The molecule has 1 saturated carbocycles. The summed E-state index contributed by atoms with van der Waals surface area (Å²) in [4.78, 5) is 0. The first-order valence-electron chi connectivity index (χ1n) is 7.67. The number of thioether (sulfide) groups is 1. The van der Waals surface area contributed by atoms with Crippen LogP contribution in [0.4, 0.5) is 0 Å². The maximum Gasteiger partial charge on any atom is 0.0186 e. The van der Waals surface area contributed by atoms with Gasteiger partial charge in [-0.1, -0.05) is 26.7 Å². The monoisotopic (exact) mass is 255 g/mol. The zero-order valence-electron chi connectivity index (χ0n) is 11.6. The quantitative estimate of drug-likeness (QED) is 0.807. The molecule has 1 aliphatic carbocycles. The maximum absolute atomic E-state index is 3.95. The molecule has 1 nitrogen and oxygen atoms in total.